The van der Waals surface area contributed by atoms with Gasteiger partial charge in [0.2, 0.25) is 0 Å². The Hall–Kier alpha value is -2.41. The molecule has 0 saturated carbocycles. The van der Waals surface area contributed by atoms with Crippen molar-refractivity contribution >= 4 is 29.0 Å². The maximum absolute atomic E-state index is 11.9. The van der Waals surface area contributed by atoms with Crippen molar-refractivity contribution in [3.8, 4) is 0 Å². The Kier molecular flexibility index (Phi) is 5.70. The largest absolute Gasteiger partial charge is 0.355 e. The molecule has 1 aromatic heterocycles. The highest BCUT2D eigenvalue weighted by Gasteiger charge is 2.11. The average molecular weight is 332 g/mol. The van der Waals surface area contributed by atoms with E-state index in [2.05, 4.69) is 20.9 Å². The van der Waals surface area contributed by atoms with Crippen LogP contribution in [0.4, 0.5) is 10.5 Å². The molecule has 2 aromatic rings. The first-order valence-corrected chi connectivity index (χ1v) is 8.10. The van der Waals surface area contributed by atoms with Gasteiger partial charge in [0.25, 0.3) is 5.91 Å². The van der Waals surface area contributed by atoms with Gasteiger partial charge in [0.1, 0.15) is 0 Å². The Morgan fingerprint density at radius 3 is 2.52 bits per heavy atom. The number of hydrogen-bond donors (Lipinski definition) is 3. The molecule has 0 aliphatic carbocycles. The second-order valence-corrected chi connectivity index (χ2v) is 6.47. The molecule has 0 aliphatic rings. The molecule has 7 heteroatoms. The number of anilines is 1. The minimum absolute atomic E-state index is 0.159. The van der Waals surface area contributed by atoms with Gasteiger partial charge in [-0.2, -0.15) is 0 Å². The number of thiazole rings is 1. The van der Waals surface area contributed by atoms with Crippen LogP contribution in [0.15, 0.2) is 30.5 Å². The second-order valence-electron chi connectivity index (χ2n) is 5.20. The summed E-state index contributed by atoms with van der Waals surface area (Å²) in [6, 6.07) is 6.43. The van der Waals surface area contributed by atoms with Crippen molar-refractivity contribution in [2.75, 3.05) is 18.9 Å². The highest BCUT2D eigenvalue weighted by Crippen LogP contribution is 2.20. The Balaban J connectivity index is 1.83. The normalized spacial score (nSPS) is 11.6. The van der Waals surface area contributed by atoms with Gasteiger partial charge in [0.05, 0.1) is 5.01 Å². The Morgan fingerprint density at radius 1 is 1.26 bits per heavy atom. The van der Waals surface area contributed by atoms with Crippen LogP contribution in [0.25, 0.3) is 0 Å². The number of hydrogen-bond acceptors (Lipinski definition) is 4. The number of amides is 3. The lowest BCUT2D eigenvalue weighted by atomic mass is 10.2. The number of aryl methyl sites for hydroxylation is 1. The fraction of sp³-hybridized carbons (Fsp3) is 0.312. The van der Waals surface area contributed by atoms with E-state index in [1.165, 1.54) is 0 Å². The zero-order valence-corrected chi connectivity index (χ0v) is 14.2. The van der Waals surface area contributed by atoms with Crippen molar-refractivity contribution in [1.29, 1.82) is 0 Å². The molecule has 122 valence electrons. The van der Waals surface area contributed by atoms with E-state index < -0.39 is 0 Å². The summed E-state index contributed by atoms with van der Waals surface area (Å²) in [5.74, 6) is 0.00337. The first-order valence-electron chi connectivity index (χ1n) is 7.29. The third kappa shape index (κ3) is 4.79. The van der Waals surface area contributed by atoms with Gasteiger partial charge in [0.15, 0.2) is 0 Å². The number of nitrogens with one attached hydrogen (secondary N) is 3. The molecule has 2 rings (SSSR count). The summed E-state index contributed by atoms with van der Waals surface area (Å²) >= 11 is 1.64. The smallest absolute Gasteiger partial charge is 0.319 e. The van der Waals surface area contributed by atoms with Crippen LogP contribution in [-0.4, -0.2) is 30.5 Å². The van der Waals surface area contributed by atoms with Crippen molar-refractivity contribution < 1.29 is 9.59 Å². The maximum atomic E-state index is 11.9. The number of nitrogens with zero attached hydrogens (tertiary/aromatic N) is 1. The maximum Gasteiger partial charge on any atom is 0.319 e. The molecule has 0 spiro atoms. The van der Waals surface area contributed by atoms with E-state index in [4.69, 9.17) is 0 Å². The van der Waals surface area contributed by atoms with Crippen LogP contribution >= 0.6 is 11.3 Å². The SMILES string of the molecule is CNC(=O)c1ccc(NC(=O)NC[C@@H](C)c2ncc(C)s2)cc1. The average Bonchev–Trinajstić information content (AvgIpc) is 2.99. The molecule has 0 aliphatic heterocycles. The zero-order valence-electron chi connectivity index (χ0n) is 13.3. The molecule has 1 atom stereocenters. The van der Waals surface area contributed by atoms with Crippen LogP contribution in [0.3, 0.4) is 0 Å². The molecule has 1 heterocycles. The van der Waals surface area contributed by atoms with Crippen LogP contribution in [-0.2, 0) is 0 Å². The summed E-state index contributed by atoms with van der Waals surface area (Å²) in [4.78, 5) is 28.8. The van der Waals surface area contributed by atoms with Gasteiger partial charge in [-0.05, 0) is 31.2 Å². The summed E-state index contributed by atoms with van der Waals surface area (Å²) < 4.78 is 0. The first-order chi connectivity index (χ1) is 11.0. The highest BCUT2D eigenvalue weighted by molar-refractivity contribution is 7.11. The monoisotopic (exact) mass is 332 g/mol. The molecular weight excluding hydrogens is 312 g/mol. The fourth-order valence-electron chi connectivity index (χ4n) is 1.96. The van der Waals surface area contributed by atoms with E-state index in [-0.39, 0.29) is 17.9 Å². The van der Waals surface area contributed by atoms with Crippen LogP contribution in [0, 0.1) is 6.92 Å². The van der Waals surface area contributed by atoms with E-state index >= 15 is 0 Å². The van der Waals surface area contributed by atoms with Crippen LogP contribution in [0.1, 0.15) is 33.1 Å². The molecule has 0 bridgehead atoms. The number of rotatable bonds is 5. The van der Waals surface area contributed by atoms with E-state index in [1.807, 2.05) is 20.0 Å². The van der Waals surface area contributed by atoms with E-state index in [0.717, 1.165) is 9.88 Å². The van der Waals surface area contributed by atoms with Gasteiger partial charge < -0.3 is 16.0 Å². The topological polar surface area (TPSA) is 83.1 Å². The summed E-state index contributed by atoms with van der Waals surface area (Å²) in [5, 5.41) is 9.12. The molecule has 6 nitrogen and oxygen atoms in total. The minimum atomic E-state index is -0.280. The lowest BCUT2D eigenvalue weighted by Gasteiger charge is -2.11. The molecular formula is C16H20N4O2S. The number of carbonyl (C=O) groups is 2. The van der Waals surface area contributed by atoms with Gasteiger partial charge in [-0.3, -0.25) is 4.79 Å². The fourth-order valence-corrected chi connectivity index (χ4v) is 2.78. The molecule has 3 N–H and O–H groups in total. The molecule has 0 saturated heterocycles. The summed E-state index contributed by atoms with van der Waals surface area (Å²) in [6.07, 6.45) is 1.84. The minimum Gasteiger partial charge on any atom is -0.355 e. The first kappa shape index (κ1) is 17.0. The second kappa shape index (κ2) is 7.73. The molecule has 3 amide bonds. The van der Waals surface area contributed by atoms with Crippen molar-refractivity contribution in [1.82, 2.24) is 15.6 Å². The third-order valence-electron chi connectivity index (χ3n) is 3.26. The van der Waals surface area contributed by atoms with Gasteiger partial charge in [-0.1, -0.05) is 6.92 Å². The Bertz CT molecular complexity index is 682. The van der Waals surface area contributed by atoms with Gasteiger partial charge in [-0.15, -0.1) is 11.3 Å². The number of carbonyl (C=O) groups excluding carboxylic acids is 2. The molecule has 1 aromatic carbocycles. The van der Waals surface area contributed by atoms with Crippen LogP contribution in [0.2, 0.25) is 0 Å². The summed E-state index contributed by atoms with van der Waals surface area (Å²) in [6.45, 7) is 4.54. The van der Waals surface area contributed by atoms with E-state index in [0.29, 0.717) is 17.8 Å². The lowest BCUT2D eigenvalue weighted by molar-refractivity contribution is 0.0963. The molecule has 0 radical (unpaired) electrons. The van der Waals surface area contributed by atoms with Gasteiger partial charge in [-0.25, -0.2) is 9.78 Å². The third-order valence-corrected chi connectivity index (χ3v) is 4.41. The van der Waals surface area contributed by atoms with Gasteiger partial charge in [0, 0.05) is 41.8 Å². The van der Waals surface area contributed by atoms with Crippen molar-refractivity contribution in [2.45, 2.75) is 19.8 Å². The van der Waals surface area contributed by atoms with Crippen molar-refractivity contribution in [3.05, 3.63) is 45.9 Å². The van der Waals surface area contributed by atoms with E-state index in [1.54, 1.807) is 42.6 Å². The van der Waals surface area contributed by atoms with E-state index in [9.17, 15) is 9.59 Å². The van der Waals surface area contributed by atoms with Crippen molar-refractivity contribution in [3.63, 3.8) is 0 Å². The molecule has 0 unspecified atom stereocenters. The molecule has 0 fully saturated rings. The predicted octanol–water partition coefficient (Wildman–Crippen LogP) is 2.74. The predicted molar refractivity (Wildman–Crippen MR) is 92.1 cm³/mol. The Morgan fingerprint density at radius 2 is 1.96 bits per heavy atom. The number of aromatic nitrogens is 1. The molecule has 23 heavy (non-hydrogen) atoms. The zero-order chi connectivity index (χ0) is 16.8. The quantitative estimate of drug-likeness (QED) is 0.787. The number of urea groups is 1. The van der Waals surface area contributed by atoms with Crippen molar-refractivity contribution in [2.24, 2.45) is 0 Å². The van der Waals surface area contributed by atoms with Crippen LogP contribution < -0.4 is 16.0 Å². The Labute approximate surface area is 139 Å². The van der Waals surface area contributed by atoms with Gasteiger partial charge >= 0.3 is 6.03 Å². The number of benzene rings is 1. The lowest BCUT2D eigenvalue weighted by Crippen LogP contribution is -2.31. The summed E-state index contributed by atoms with van der Waals surface area (Å²) in [5.41, 5.74) is 1.18. The van der Waals surface area contributed by atoms with Crippen LogP contribution in [0.5, 0.6) is 0 Å². The standard InChI is InChI=1S/C16H20N4O2S/c1-10(15-18-9-11(2)23-15)8-19-16(22)20-13-6-4-12(5-7-13)14(21)17-3/h4-7,9-10H,8H2,1-3H3,(H,17,21)(H2,19,20,22)/t10-/m1/s1. The summed E-state index contributed by atoms with van der Waals surface area (Å²) in [7, 11) is 1.58. The highest BCUT2D eigenvalue weighted by atomic mass is 32.1.